The summed E-state index contributed by atoms with van der Waals surface area (Å²) < 4.78 is 9.99. The second kappa shape index (κ2) is 6.27. The van der Waals surface area contributed by atoms with E-state index in [0.717, 1.165) is 18.1 Å². The van der Waals surface area contributed by atoms with Crippen molar-refractivity contribution < 1.29 is 14.3 Å². The molecule has 0 aromatic carbocycles. The van der Waals surface area contributed by atoms with Crippen molar-refractivity contribution in [2.45, 2.75) is 25.4 Å². The topological polar surface area (TPSA) is 35.5 Å². The van der Waals surface area contributed by atoms with Crippen molar-refractivity contribution in [1.29, 1.82) is 0 Å². The Balaban J connectivity index is 1.91. The molecule has 0 amide bonds. The van der Waals surface area contributed by atoms with Gasteiger partial charge in [-0.05, 0) is 12.8 Å². The van der Waals surface area contributed by atoms with Crippen LogP contribution in [0.4, 0.5) is 0 Å². The van der Waals surface area contributed by atoms with E-state index in [1.807, 2.05) is 0 Å². The van der Waals surface area contributed by atoms with E-state index < -0.39 is 0 Å². The van der Waals surface area contributed by atoms with Crippen molar-refractivity contribution in [3.63, 3.8) is 0 Å². The van der Waals surface area contributed by atoms with Gasteiger partial charge in [-0.1, -0.05) is 0 Å². The minimum absolute atomic E-state index is 0.125. The Labute approximate surface area is 83.2 Å². The lowest BCUT2D eigenvalue weighted by molar-refractivity contribution is -0.140. The predicted molar refractivity (Wildman–Crippen MR) is 52.9 cm³/mol. The monoisotopic (exact) mass is 204 g/mol. The van der Waals surface area contributed by atoms with E-state index in [9.17, 15) is 4.79 Å². The minimum atomic E-state index is -0.125. The lowest BCUT2D eigenvalue weighted by Crippen LogP contribution is -2.09. The molecular weight excluding hydrogens is 188 g/mol. The van der Waals surface area contributed by atoms with Crippen LogP contribution >= 0.6 is 11.8 Å². The molecule has 1 unspecified atom stereocenters. The predicted octanol–water partition coefficient (Wildman–Crippen LogP) is 1.46. The lowest BCUT2D eigenvalue weighted by atomic mass is 10.3. The Kier molecular flexibility index (Phi) is 5.23. The van der Waals surface area contributed by atoms with E-state index in [-0.39, 0.29) is 5.97 Å². The zero-order valence-corrected chi connectivity index (χ0v) is 8.77. The quantitative estimate of drug-likeness (QED) is 0.502. The van der Waals surface area contributed by atoms with Crippen LogP contribution in [0.1, 0.15) is 19.3 Å². The average molecular weight is 204 g/mol. The molecule has 0 aromatic rings. The van der Waals surface area contributed by atoms with E-state index in [4.69, 9.17) is 4.74 Å². The maximum absolute atomic E-state index is 10.7. The fourth-order valence-corrected chi connectivity index (χ4v) is 2.25. The van der Waals surface area contributed by atoms with Crippen LogP contribution in [0, 0.1) is 0 Å². The summed E-state index contributed by atoms with van der Waals surface area (Å²) in [6.45, 7) is 0.905. The van der Waals surface area contributed by atoms with Crippen LogP contribution in [0.5, 0.6) is 0 Å². The van der Waals surface area contributed by atoms with E-state index in [0.29, 0.717) is 12.5 Å². The molecule has 0 spiro atoms. The van der Waals surface area contributed by atoms with Gasteiger partial charge in [0.05, 0.1) is 19.6 Å². The van der Waals surface area contributed by atoms with Crippen molar-refractivity contribution in [2.24, 2.45) is 0 Å². The third kappa shape index (κ3) is 4.52. The molecule has 1 saturated heterocycles. The highest BCUT2D eigenvalue weighted by molar-refractivity contribution is 7.99. The Morgan fingerprint density at radius 3 is 3.15 bits per heavy atom. The largest absolute Gasteiger partial charge is 0.469 e. The molecule has 13 heavy (non-hydrogen) atoms. The molecule has 3 nitrogen and oxygen atoms in total. The van der Waals surface area contributed by atoms with Crippen LogP contribution in [-0.4, -0.2) is 37.3 Å². The van der Waals surface area contributed by atoms with E-state index >= 15 is 0 Å². The summed E-state index contributed by atoms with van der Waals surface area (Å²) in [5, 5.41) is 0. The fourth-order valence-electron chi connectivity index (χ4n) is 1.25. The Hall–Kier alpha value is -0.220. The first-order chi connectivity index (χ1) is 6.33. The molecule has 0 saturated carbocycles. The highest BCUT2D eigenvalue weighted by Crippen LogP contribution is 2.17. The second-order valence-electron chi connectivity index (χ2n) is 3.04. The normalized spacial score (nSPS) is 21.8. The fraction of sp³-hybridized carbons (Fsp3) is 0.889. The summed E-state index contributed by atoms with van der Waals surface area (Å²) >= 11 is 1.77. The molecular formula is C9H16O3S. The summed E-state index contributed by atoms with van der Waals surface area (Å²) in [5.41, 5.74) is 0. The van der Waals surface area contributed by atoms with Gasteiger partial charge in [-0.25, -0.2) is 0 Å². The summed E-state index contributed by atoms with van der Waals surface area (Å²) in [5.74, 6) is 1.73. The highest BCUT2D eigenvalue weighted by atomic mass is 32.2. The number of carbonyl (C=O) groups excluding carboxylic acids is 1. The standard InChI is InChI=1S/C9H16O3S/c1-11-9(10)4-6-13-7-8-3-2-5-12-8/h8H,2-7H2,1H3. The van der Waals surface area contributed by atoms with Gasteiger partial charge < -0.3 is 9.47 Å². The zero-order valence-electron chi connectivity index (χ0n) is 7.95. The Bertz CT molecular complexity index is 155. The highest BCUT2D eigenvalue weighted by Gasteiger charge is 2.14. The first kappa shape index (κ1) is 10.9. The number of thioether (sulfide) groups is 1. The van der Waals surface area contributed by atoms with Crippen molar-refractivity contribution in [3.8, 4) is 0 Å². The lowest BCUT2D eigenvalue weighted by Gasteiger charge is -2.07. The Morgan fingerprint density at radius 2 is 2.54 bits per heavy atom. The number of methoxy groups -OCH3 is 1. The smallest absolute Gasteiger partial charge is 0.306 e. The second-order valence-corrected chi connectivity index (χ2v) is 4.19. The number of hydrogen-bond donors (Lipinski definition) is 0. The van der Waals surface area contributed by atoms with Gasteiger partial charge in [0.1, 0.15) is 0 Å². The number of ether oxygens (including phenoxy) is 2. The maximum Gasteiger partial charge on any atom is 0.306 e. The molecule has 4 heteroatoms. The van der Waals surface area contributed by atoms with Crippen LogP contribution in [0.25, 0.3) is 0 Å². The summed E-state index contributed by atoms with van der Waals surface area (Å²) in [6, 6.07) is 0. The number of rotatable bonds is 5. The first-order valence-electron chi connectivity index (χ1n) is 4.59. The van der Waals surface area contributed by atoms with Crippen LogP contribution in [-0.2, 0) is 14.3 Å². The zero-order chi connectivity index (χ0) is 9.52. The van der Waals surface area contributed by atoms with Crippen LogP contribution in [0.2, 0.25) is 0 Å². The third-order valence-electron chi connectivity index (χ3n) is 2.01. The van der Waals surface area contributed by atoms with E-state index in [2.05, 4.69) is 4.74 Å². The molecule has 1 fully saturated rings. The van der Waals surface area contributed by atoms with Gasteiger partial charge in [0, 0.05) is 18.1 Å². The van der Waals surface area contributed by atoms with Crippen molar-refractivity contribution in [2.75, 3.05) is 25.2 Å². The van der Waals surface area contributed by atoms with Gasteiger partial charge in [-0.15, -0.1) is 0 Å². The average Bonchev–Trinajstić information content (AvgIpc) is 2.64. The van der Waals surface area contributed by atoms with Crippen molar-refractivity contribution in [1.82, 2.24) is 0 Å². The molecule has 0 bridgehead atoms. The molecule has 1 aliphatic heterocycles. The molecule has 1 rings (SSSR count). The van der Waals surface area contributed by atoms with Gasteiger partial charge in [0.25, 0.3) is 0 Å². The van der Waals surface area contributed by atoms with E-state index in [1.165, 1.54) is 20.0 Å². The van der Waals surface area contributed by atoms with E-state index in [1.54, 1.807) is 11.8 Å². The maximum atomic E-state index is 10.7. The molecule has 0 N–H and O–H groups in total. The number of hydrogen-bond acceptors (Lipinski definition) is 4. The molecule has 1 atom stereocenters. The summed E-state index contributed by atoms with van der Waals surface area (Å²) in [4.78, 5) is 10.7. The number of carbonyl (C=O) groups is 1. The van der Waals surface area contributed by atoms with Crippen LogP contribution in [0.3, 0.4) is 0 Å². The first-order valence-corrected chi connectivity index (χ1v) is 5.74. The van der Waals surface area contributed by atoms with Crippen LogP contribution in [0.15, 0.2) is 0 Å². The molecule has 76 valence electrons. The minimum Gasteiger partial charge on any atom is -0.469 e. The molecule has 1 aliphatic rings. The van der Waals surface area contributed by atoms with Gasteiger partial charge in [0.2, 0.25) is 0 Å². The SMILES string of the molecule is COC(=O)CCSCC1CCCO1. The molecule has 1 heterocycles. The van der Waals surface area contributed by atoms with Crippen molar-refractivity contribution >= 4 is 17.7 Å². The van der Waals surface area contributed by atoms with Gasteiger partial charge in [0.15, 0.2) is 0 Å². The summed E-state index contributed by atoms with van der Waals surface area (Å²) in [7, 11) is 1.42. The van der Waals surface area contributed by atoms with Crippen LogP contribution < -0.4 is 0 Å². The van der Waals surface area contributed by atoms with Gasteiger partial charge >= 0.3 is 5.97 Å². The molecule has 0 aromatic heterocycles. The van der Waals surface area contributed by atoms with Gasteiger partial charge in [-0.3, -0.25) is 4.79 Å². The van der Waals surface area contributed by atoms with Crippen molar-refractivity contribution in [3.05, 3.63) is 0 Å². The molecule has 0 aliphatic carbocycles. The number of esters is 1. The van der Waals surface area contributed by atoms with Gasteiger partial charge in [-0.2, -0.15) is 11.8 Å². The summed E-state index contributed by atoms with van der Waals surface area (Å²) in [6.07, 6.45) is 3.28. The Morgan fingerprint density at radius 1 is 1.69 bits per heavy atom. The third-order valence-corrected chi connectivity index (χ3v) is 3.11. The molecule has 0 radical (unpaired) electrons.